The second-order valence-electron chi connectivity index (χ2n) is 5.70. The number of nitrogens with one attached hydrogen (secondary N) is 1. The summed E-state index contributed by atoms with van der Waals surface area (Å²) in [6.45, 7) is 2.72. The lowest BCUT2D eigenvalue weighted by Crippen LogP contribution is -2.16. The first-order valence-corrected chi connectivity index (χ1v) is 7.96. The first-order valence-electron chi connectivity index (χ1n) is 7.96. The van der Waals surface area contributed by atoms with Crippen LogP contribution in [-0.2, 0) is 11.2 Å². The molecule has 0 radical (unpaired) electrons. The van der Waals surface area contributed by atoms with E-state index < -0.39 is 0 Å². The van der Waals surface area contributed by atoms with E-state index in [-0.39, 0.29) is 11.7 Å². The quantitative estimate of drug-likeness (QED) is 0.807. The number of benzene rings is 1. The van der Waals surface area contributed by atoms with Crippen LogP contribution in [0.3, 0.4) is 0 Å². The number of hydrogen-bond donors (Lipinski definition) is 1. The molecule has 1 fully saturated rings. The molecule has 1 N–H and O–H groups in total. The van der Waals surface area contributed by atoms with E-state index >= 15 is 0 Å². The maximum absolute atomic E-state index is 12.6. The summed E-state index contributed by atoms with van der Waals surface area (Å²) in [7, 11) is 0. The summed E-state index contributed by atoms with van der Waals surface area (Å²) in [5.74, 6) is 1.28. The van der Waals surface area contributed by atoms with Crippen LogP contribution < -0.4 is 5.56 Å². The third-order valence-electron chi connectivity index (χ3n) is 4.20. The minimum absolute atomic E-state index is 0.0827. The molecule has 0 aliphatic carbocycles. The Morgan fingerprint density at radius 1 is 1.35 bits per heavy atom. The van der Waals surface area contributed by atoms with E-state index in [2.05, 4.69) is 15.1 Å². The van der Waals surface area contributed by atoms with Crippen molar-refractivity contribution >= 4 is 5.52 Å². The largest absolute Gasteiger partial charge is 0.370 e. The van der Waals surface area contributed by atoms with Crippen LogP contribution in [0.1, 0.15) is 37.4 Å². The van der Waals surface area contributed by atoms with E-state index in [0.717, 1.165) is 36.5 Å². The average Bonchev–Trinajstić information content (AvgIpc) is 3.22. The van der Waals surface area contributed by atoms with Crippen molar-refractivity contribution in [1.29, 1.82) is 0 Å². The van der Waals surface area contributed by atoms with Crippen molar-refractivity contribution in [2.24, 2.45) is 0 Å². The normalized spacial score (nSPS) is 17.9. The van der Waals surface area contributed by atoms with Gasteiger partial charge in [-0.1, -0.05) is 37.3 Å². The smallest absolute Gasteiger partial charge is 0.277 e. The number of H-pyrrole nitrogens is 1. The maximum atomic E-state index is 12.6. The molecule has 0 saturated carbocycles. The predicted molar refractivity (Wildman–Crippen MR) is 86.3 cm³/mol. The first-order chi connectivity index (χ1) is 11.3. The molecular weight excluding hydrogens is 292 g/mol. The van der Waals surface area contributed by atoms with Gasteiger partial charge in [-0.15, -0.1) is 5.10 Å². The van der Waals surface area contributed by atoms with Crippen LogP contribution in [0.15, 0.2) is 35.1 Å². The Balaban J connectivity index is 1.96. The van der Waals surface area contributed by atoms with Gasteiger partial charge in [0.1, 0.15) is 6.10 Å². The second kappa shape index (κ2) is 5.62. The molecule has 0 bridgehead atoms. The number of ether oxygens (including phenoxy) is 1. The lowest BCUT2D eigenvalue weighted by atomic mass is 10.2. The van der Waals surface area contributed by atoms with Crippen LogP contribution in [0.4, 0.5) is 0 Å². The molecule has 4 rings (SSSR count). The van der Waals surface area contributed by atoms with Gasteiger partial charge in [0.25, 0.3) is 5.56 Å². The molecule has 6 nitrogen and oxygen atoms in total. The molecular formula is C17H18N4O2. The summed E-state index contributed by atoms with van der Waals surface area (Å²) < 4.78 is 7.43. The molecule has 6 heteroatoms. The standard InChI is InChI=1S/C17H18N4O2/c1-2-12-14-17(22)19-15(11-7-4-3-5-8-11)20-21(14)16(18-12)13-9-6-10-23-13/h3-5,7-8,13H,2,6,9-10H2,1H3,(H,19,20,22). The zero-order valence-electron chi connectivity index (χ0n) is 13.0. The molecule has 1 saturated heterocycles. The summed E-state index contributed by atoms with van der Waals surface area (Å²) in [5, 5.41) is 4.64. The molecule has 3 aromatic rings. The number of aromatic amines is 1. The zero-order valence-corrected chi connectivity index (χ0v) is 13.0. The Kier molecular flexibility index (Phi) is 3.46. The highest BCUT2D eigenvalue weighted by Gasteiger charge is 2.26. The first kappa shape index (κ1) is 14.1. The van der Waals surface area contributed by atoms with Gasteiger partial charge in [0.15, 0.2) is 17.2 Å². The molecule has 3 heterocycles. The van der Waals surface area contributed by atoms with Gasteiger partial charge in [-0.25, -0.2) is 9.50 Å². The number of rotatable bonds is 3. The van der Waals surface area contributed by atoms with Crippen molar-refractivity contribution in [3.05, 3.63) is 52.2 Å². The zero-order chi connectivity index (χ0) is 15.8. The summed E-state index contributed by atoms with van der Waals surface area (Å²) >= 11 is 0. The fraction of sp³-hybridized carbons (Fsp3) is 0.353. The van der Waals surface area contributed by atoms with Gasteiger partial charge in [-0.05, 0) is 19.3 Å². The molecule has 1 unspecified atom stereocenters. The van der Waals surface area contributed by atoms with Crippen molar-refractivity contribution in [3.63, 3.8) is 0 Å². The van der Waals surface area contributed by atoms with E-state index in [1.165, 1.54) is 0 Å². The molecule has 23 heavy (non-hydrogen) atoms. The number of aryl methyl sites for hydroxylation is 1. The Hall–Kier alpha value is -2.47. The van der Waals surface area contributed by atoms with Gasteiger partial charge < -0.3 is 9.72 Å². The van der Waals surface area contributed by atoms with Crippen molar-refractivity contribution in [3.8, 4) is 11.4 Å². The van der Waals surface area contributed by atoms with Crippen molar-refractivity contribution < 1.29 is 4.74 Å². The van der Waals surface area contributed by atoms with Gasteiger partial charge in [-0.2, -0.15) is 0 Å². The maximum Gasteiger partial charge on any atom is 0.277 e. The van der Waals surface area contributed by atoms with E-state index in [1.807, 2.05) is 37.3 Å². The summed E-state index contributed by atoms with van der Waals surface area (Å²) in [6.07, 6.45) is 2.53. The van der Waals surface area contributed by atoms with E-state index in [4.69, 9.17) is 4.74 Å². The van der Waals surface area contributed by atoms with Gasteiger partial charge in [0.2, 0.25) is 0 Å². The van der Waals surface area contributed by atoms with E-state index in [0.29, 0.717) is 17.8 Å². The predicted octanol–water partition coefficient (Wildman–Crippen LogP) is 2.50. The topological polar surface area (TPSA) is 72.3 Å². The van der Waals surface area contributed by atoms with Crippen LogP contribution in [-0.4, -0.2) is 26.2 Å². The van der Waals surface area contributed by atoms with E-state index in [9.17, 15) is 4.79 Å². The fourth-order valence-electron chi connectivity index (χ4n) is 3.06. The van der Waals surface area contributed by atoms with Crippen LogP contribution in [0, 0.1) is 0 Å². The van der Waals surface area contributed by atoms with Crippen molar-refractivity contribution in [1.82, 2.24) is 19.6 Å². The minimum atomic E-state index is -0.160. The SMILES string of the molecule is CCc1nc(C2CCCO2)n2nc(-c3ccccc3)[nH]c(=O)c12. The van der Waals surface area contributed by atoms with Gasteiger partial charge in [-0.3, -0.25) is 4.79 Å². The Bertz CT molecular complexity index is 892. The molecule has 2 aromatic heterocycles. The Morgan fingerprint density at radius 2 is 2.17 bits per heavy atom. The molecule has 1 aliphatic heterocycles. The Labute approximate surface area is 133 Å². The highest BCUT2D eigenvalue weighted by atomic mass is 16.5. The van der Waals surface area contributed by atoms with Crippen LogP contribution >= 0.6 is 0 Å². The summed E-state index contributed by atoms with van der Waals surface area (Å²) in [5.41, 5.74) is 2.01. The highest BCUT2D eigenvalue weighted by molar-refractivity contribution is 5.57. The number of fused-ring (bicyclic) bond motifs is 1. The molecule has 0 spiro atoms. The van der Waals surface area contributed by atoms with Crippen molar-refractivity contribution in [2.45, 2.75) is 32.3 Å². The molecule has 118 valence electrons. The van der Waals surface area contributed by atoms with Gasteiger partial charge in [0.05, 0.1) is 5.69 Å². The van der Waals surface area contributed by atoms with Crippen molar-refractivity contribution in [2.75, 3.05) is 6.61 Å². The van der Waals surface area contributed by atoms with Crippen LogP contribution in [0.2, 0.25) is 0 Å². The number of aromatic nitrogens is 4. The molecule has 1 atom stereocenters. The third kappa shape index (κ3) is 2.35. The van der Waals surface area contributed by atoms with E-state index in [1.54, 1.807) is 4.52 Å². The third-order valence-corrected chi connectivity index (χ3v) is 4.20. The molecule has 1 aliphatic rings. The van der Waals surface area contributed by atoms with Crippen LogP contribution in [0.25, 0.3) is 16.9 Å². The van der Waals surface area contributed by atoms with Gasteiger partial charge >= 0.3 is 0 Å². The average molecular weight is 310 g/mol. The molecule has 0 amide bonds. The lowest BCUT2D eigenvalue weighted by molar-refractivity contribution is 0.103. The minimum Gasteiger partial charge on any atom is -0.370 e. The lowest BCUT2D eigenvalue weighted by Gasteiger charge is -2.08. The summed E-state index contributed by atoms with van der Waals surface area (Å²) in [6, 6.07) is 9.63. The fourth-order valence-corrected chi connectivity index (χ4v) is 3.06. The monoisotopic (exact) mass is 310 g/mol. The van der Waals surface area contributed by atoms with Crippen LogP contribution in [0.5, 0.6) is 0 Å². The molecule has 1 aromatic carbocycles. The Morgan fingerprint density at radius 3 is 2.87 bits per heavy atom. The van der Waals surface area contributed by atoms with Gasteiger partial charge in [0, 0.05) is 12.2 Å². The highest BCUT2D eigenvalue weighted by Crippen LogP contribution is 2.28. The number of hydrogen-bond acceptors (Lipinski definition) is 4. The number of nitrogens with zero attached hydrogens (tertiary/aromatic N) is 3. The second-order valence-corrected chi connectivity index (χ2v) is 5.70. The number of imidazole rings is 1. The summed E-state index contributed by atoms with van der Waals surface area (Å²) in [4.78, 5) is 20.1.